The largest absolute Gasteiger partial charge is 0.435 e. The van der Waals surface area contributed by atoms with Crippen molar-refractivity contribution in [3.63, 3.8) is 0 Å². The summed E-state index contributed by atoms with van der Waals surface area (Å²) in [6.45, 7) is 4.16. The zero-order valence-corrected chi connectivity index (χ0v) is 20.8. The SMILES string of the molecule is CCNc1cc(F)cc2c1Cc1ncc(-c3cncc(Cc4nnc(C)o4)c3)c(-n3ccc(C(F)(F)F)n3)c1-2. The molecule has 0 saturated heterocycles. The van der Waals surface area contributed by atoms with E-state index in [1.165, 1.54) is 23.0 Å². The summed E-state index contributed by atoms with van der Waals surface area (Å²) in [6.07, 6.45) is 2.16. The van der Waals surface area contributed by atoms with Gasteiger partial charge in [-0.3, -0.25) is 9.97 Å². The Kier molecular flexibility index (Phi) is 5.89. The van der Waals surface area contributed by atoms with Crippen molar-refractivity contribution in [3.05, 3.63) is 89.2 Å². The fourth-order valence-corrected chi connectivity index (χ4v) is 4.89. The maximum atomic E-state index is 14.8. The maximum Gasteiger partial charge on any atom is 0.435 e. The molecule has 1 aromatic carbocycles. The molecule has 0 aliphatic heterocycles. The van der Waals surface area contributed by atoms with Gasteiger partial charge in [0, 0.05) is 67.1 Å². The first-order valence-electron chi connectivity index (χ1n) is 12.2. The van der Waals surface area contributed by atoms with Gasteiger partial charge in [-0.15, -0.1) is 10.2 Å². The molecule has 5 aromatic rings. The van der Waals surface area contributed by atoms with E-state index in [0.717, 1.165) is 17.2 Å². The molecule has 1 aliphatic carbocycles. The Morgan fingerprint density at radius 2 is 1.92 bits per heavy atom. The van der Waals surface area contributed by atoms with E-state index in [2.05, 4.69) is 30.6 Å². The monoisotopic (exact) mass is 535 g/mol. The Hall–Kier alpha value is -4.61. The van der Waals surface area contributed by atoms with Crippen LogP contribution in [-0.4, -0.2) is 36.5 Å². The lowest BCUT2D eigenvalue weighted by molar-refractivity contribution is -0.141. The van der Waals surface area contributed by atoms with Crippen LogP contribution in [0, 0.1) is 12.7 Å². The number of nitrogens with one attached hydrogen (secondary N) is 1. The maximum absolute atomic E-state index is 14.8. The highest BCUT2D eigenvalue weighted by Gasteiger charge is 2.35. The lowest BCUT2D eigenvalue weighted by Gasteiger charge is -2.16. The van der Waals surface area contributed by atoms with Crippen LogP contribution < -0.4 is 5.32 Å². The Morgan fingerprint density at radius 1 is 1.08 bits per heavy atom. The Balaban J connectivity index is 1.56. The number of fused-ring (bicyclic) bond motifs is 3. The predicted octanol–water partition coefficient (Wildman–Crippen LogP) is 5.77. The van der Waals surface area contributed by atoms with E-state index in [0.29, 0.717) is 70.5 Å². The molecule has 0 radical (unpaired) electrons. The second-order valence-electron chi connectivity index (χ2n) is 9.15. The van der Waals surface area contributed by atoms with Crippen LogP contribution >= 0.6 is 0 Å². The fraction of sp³-hybridized carbons (Fsp3) is 0.222. The van der Waals surface area contributed by atoms with Gasteiger partial charge in [-0.05, 0) is 47.9 Å². The zero-order chi connectivity index (χ0) is 27.3. The van der Waals surface area contributed by atoms with Crippen LogP contribution in [0.5, 0.6) is 0 Å². The molecule has 1 N–H and O–H groups in total. The first-order chi connectivity index (χ1) is 18.7. The van der Waals surface area contributed by atoms with Gasteiger partial charge in [0.05, 0.1) is 17.8 Å². The summed E-state index contributed by atoms with van der Waals surface area (Å²) in [5.41, 5.74) is 4.28. The number of alkyl halides is 3. The molecule has 0 fully saturated rings. The topological polar surface area (TPSA) is 94.5 Å². The third-order valence-corrected chi connectivity index (χ3v) is 6.46. The van der Waals surface area contributed by atoms with Crippen molar-refractivity contribution in [2.24, 2.45) is 0 Å². The number of benzene rings is 1. The van der Waals surface area contributed by atoms with Crippen LogP contribution in [0.2, 0.25) is 0 Å². The van der Waals surface area contributed by atoms with Gasteiger partial charge in [-0.2, -0.15) is 18.3 Å². The number of pyridine rings is 2. The van der Waals surface area contributed by atoms with Gasteiger partial charge in [0.2, 0.25) is 11.8 Å². The average molecular weight is 536 g/mol. The minimum atomic E-state index is -4.63. The molecule has 6 rings (SSSR count). The molecule has 12 heteroatoms. The lowest BCUT2D eigenvalue weighted by atomic mass is 9.98. The molecule has 198 valence electrons. The van der Waals surface area contributed by atoms with E-state index < -0.39 is 17.7 Å². The van der Waals surface area contributed by atoms with Crippen LogP contribution in [-0.2, 0) is 19.0 Å². The molecule has 0 spiro atoms. The van der Waals surface area contributed by atoms with Gasteiger partial charge < -0.3 is 9.73 Å². The quantitative estimate of drug-likeness (QED) is 0.271. The average Bonchev–Trinajstić information content (AvgIpc) is 3.62. The first-order valence-corrected chi connectivity index (χ1v) is 12.2. The van der Waals surface area contributed by atoms with Gasteiger partial charge in [-0.1, -0.05) is 0 Å². The summed E-state index contributed by atoms with van der Waals surface area (Å²) < 4.78 is 62.0. The van der Waals surface area contributed by atoms with Crippen LogP contribution in [0.3, 0.4) is 0 Å². The smallest absolute Gasteiger partial charge is 0.425 e. The van der Waals surface area contributed by atoms with Crippen LogP contribution in [0.15, 0.2) is 53.5 Å². The predicted molar refractivity (Wildman–Crippen MR) is 134 cm³/mol. The number of aryl methyl sites for hydroxylation is 1. The third-order valence-electron chi connectivity index (χ3n) is 6.46. The van der Waals surface area contributed by atoms with E-state index in [9.17, 15) is 17.6 Å². The second kappa shape index (κ2) is 9.29. The number of rotatable bonds is 6. The van der Waals surface area contributed by atoms with E-state index >= 15 is 0 Å². The van der Waals surface area contributed by atoms with Crippen molar-refractivity contribution >= 4 is 5.69 Å². The van der Waals surface area contributed by atoms with Crippen molar-refractivity contribution in [2.75, 3.05) is 11.9 Å². The normalized spacial score (nSPS) is 12.5. The molecule has 1 aliphatic rings. The molecule has 0 amide bonds. The van der Waals surface area contributed by atoms with Crippen molar-refractivity contribution < 1.29 is 22.0 Å². The van der Waals surface area contributed by atoms with Crippen molar-refractivity contribution in [1.82, 2.24) is 29.9 Å². The summed E-state index contributed by atoms with van der Waals surface area (Å²) in [4.78, 5) is 8.99. The number of hydrogen-bond donors (Lipinski definition) is 1. The van der Waals surface area contributed by atoms with Crippen LogP contribution in [0.25, 0.3) is 27.9 Å². The number of aromatic nitrogens is 6. The second-order valence-corrected chi connectivity index (χ2v) is 9.15. The van der Waals surface area contributed by atoms with E-state index in [1.807, 2.05) is 13.0 Å². The van der Waals surface area contributed by atoms with Crippen LogP contribution in [0.4, 0.5) is 23.2 Å². The first kappa shape index (κ1) is 24.7. The molecule has 39 heavy (non-hydrogen) atoms. The molecule has 0 atom stereocenters. The molecule has 0 unspecified atom stereocenters. The molecular weight excluding hydrogens is 514 g/mol. The number of halogens is 4. The molecule has 8 nitrogen and oxygen atoms in total. The highest BCUT2D eigenvalue weighted by Crippen LogP contribution is 2.46. The van der Waals surface area contributed by atoms with Crippen molar-refractivity contribution in [2.45, 2.75) is 32.9 Å². The van der Waals surface area contributed by atoms with Gasteiger partial charge in [0.15, 0.2) is 5.69 Å². The van der Waals surface area contributed by atoms with Gasteiger partial charge >= 0.3 is 6.18 Å². The zero-order valence-electron chi connectivity index (χ0n) is 20.8. The van der Waals surface area contributed by atoms with Crippen molar-refractivity contribution in [1.29, 1.82) is 0 Å². The summed E-state index contributed by atoms with van der Waals surface area (Å²) in [6, 6.07) is 5.54. The van der Waals surface area contributed by atoms with Gasteiger partial charge in [0.25, 0.3) is 0 Å². The molecule has 4 aromatic heterocycles. The van der Waals surface area contributed by atoms with E-state index in [4.69, 9.17) is 4.42 Å². The van der Waals surface area contributed by atoms with Gasteiger partial charge in [0.1, 0.15) is 5.82 Å². The minimum Gasteiger partial charge on any atom is -0.425 e. The molecule has 4 heterocycles. The lowest BCUT2D eigenvalue weighted by Crippen LogP contribution is -2.09. The van der Waals surface area contributed by atoms with Gasteiger partial charge in [-0.25, -0.2) is 9.07 Å². The van der Waals surface area contributed by atoms with E-state index in [1.54, 1.807) is 25.5 Å². The highest BCUT2D eigenvalue weighted by atomic mass is 19.4. The summed E-state index contributed by atoms with van der Waals surface area (Å²) >= 11 is 0. The number of anilines is 1. The highest BCUT2D eigenvalue weighted by molar-refractivity contribution is 5.91. The standard InChI is InChI=1S/C27H21F4N7O/c1-3-33-21-9-17(28)8-19-18(21)10-22-25(19)26(38-5-4-23(37-38)27(29,30)31)20(13-34-22)16-6-15(11-32-12-16)7-24-36-35-14(2)39-24/h4-6,8-9,11-13,33H,3,7,10H2,1-2H3. The third kappa shape index (κ3) is 4.51. The van der Waals surface area contributed by atoms with Crippen LogP contribution in [0.1, 0.15) is 41.2 Å². The Bertz CT molecular complexity index is 1710. The fourth-order valence-electron chi connectivity index (χ4n) is 4.89. The van der Waals surface area contributed by atoms with E-state index in [-0.39, 0.29) is 0 Å². The molecular formula is C27H21F4N7O. The minimum absolute atomic E-state index is 0.315. The Labute approximate surface area is 219 Å². The number of nitrogens with zero attached hydrogens (tertiary/aromatic N) is 6. The van der Waals surface area contributed by atoms with Crippen molar-refractivity contribution in [3.8, 4) is 27.9 Å². The molecule has 0 bridgehead atoms. The summed E-state index contributed by atoms with van der Waals surface area (Å²) in [5, 5.41) is 14.9. The summed E-state index contributed by atoms with van der Waals surface area (Å²) in [5.74, 6) is 0.367. The number of hydrogen-bond acceptors (Lipinski definition) is 7. The summed E-state index contributed by atoms with van der Waals surface area (Å²) in [7, 11) is 0. The Morgan fingerprint density at radius 3 is 2.64 bits per heavy atom. The molecule has 0 saturated carbocycles.